The highest BCUT2D eigenvalue weighted by Gasteiger charge is 2.20. The van der Waals surface area contributed by atoms with Crippen molar-refractivity contribution in [2.24, 2.45) is 0 Å². The lowest BCUT2D eigenvalue weighted by Gasteiger charge is -2.14. The number of amides is 2. The van der Waals surface area contributed by atoms with Gasteiger partial charge in [-0.15, -0.1) is 0 Å². The van der Waals surface area contributed by atoms with Crippen LogP contribution in [0.3, 0.4) is 0 Å². The predicted molar refractivity (Wildman–Crippen MR) is 127 cm³/mol. The number of benzene rings is 3. The first-order valence-corrected chi connectivity index (χ1v) is 11.4. The molecule has 0 aliphatic heterocycles. The average molecular weight is 452 g/mol. The molecule has 0 spiro atoms. The minimum atomic E-state index is -3.90. The molecule has 0 aromatic heterocycles. The molecule has 0 aliphatic rings. The number of hydrogen-bond donors (Lipinski definition) is 3. The van der Waals surface area contributed by atoms with Crippen LogP contribution in [-0.2, 0) is 14.8 Å². The molecular weight excluding hydrogens is 426 g/mol. The van der Waals surface area contributed by atoms with Crippen LogP contribution in [0.5, 0.6) is 0 Å². The smallest absolute Gasteiger partial charge is 0.262 e. The standard InChI is InChI=1S/C24H25N3O4S/c1-15-6-5-7-22(17(15)3)27-32(30,31)23-14-19(9-8-16(23)2)24(29)26-21-12-10-20(11-13-21)25-18(4)28/h5-14,27H,1-4H3,(H,25,28)(H,26,29). The average Bonchev–Trinajstić information content (AvgIpc) is 2.72. The van der Waals surface area contributed by atoms with E-state index in [1.54, 1.807) is 55.5 Å². The van der Waals surface area contributed by atoms with Gasteiger partial charge in [-0.3, -0.25) is 14.3 Å². The van der Waals surface area contributed by atoms with E-state index in [9.17, 15) is 18.0 Å². The zero-order chi connectivity index (χ0) is 23.5. The van der Waals surface area contributed by atoms with Gasteiger partial charge in [0.15, 0.2) is 0 Å². The molecule has 0 atom stereocenters. The van der Waals surface area contributed by atoms with Crippen LogP contribution in [0.1, 0.15) is 34.0 Å². The maximum absolute atomic E-state index is 13.1. The Morgan fingerprint density at radius 3 is 2.03 bits per heavy atom. The molecule has 7 nitrogen and oxygen atoms in total. The van der Waals surface area contributed by atoms with Crippen LogP contribution >= 0.6 is 0 Å². The zero-order valence-corrected chi connectivity index (χ0v) is 19.1. The van der Waals surface area contributed by atoms with Gasteiger partial charge in [0.1, 0.15) is 0 Å². The monoisotopic (exact) mass is 451 g/mol. The van der Waals surface area contributed by atoms with Crippen molar-refractivity contribution < 1.29 is 18.0 Å². The third kappa shape index (κ3) is 5.33. The molecular formula is C24H25N3O4S. The van der Waals surface area contributed by atoms with Gasteiger partial charge in [0.2, 0.25) is 5.91 Å². The first-order chi connectivity index (χ1) is 15.1. The van der Waals surface area contributed by atoms with Crippen LogP contribution in [0.15, 0.2) is 65.6 Å². The number of nitrogens with one attached hydrogen (secondary N) is 3. The molecule has 8 heteroatoms. The summed E-state index contributed by atoms with van der Waals surface area (Å²) in [5, 5.41) is 5.39. The molecule has 3 aromatic rings. The van der Waals surface area contributed by atoms with Gasteiger partial charge in [0.05, 0.1) is 10.6 Å². The van der Waals surface area contributed by atoms with Crippen molar-refractivity contribution in [1.82, 2.24) is 0 Å². The van der Waals surface area contributed by atoms with Crippen LogP contribution in [-0.4, -0.2) is 20.2 Å². The lowest BCUT2D eigenvalue weighted by Crippen LogP contribution is -2.17. The molecule has 3 aromatic carbocycles. The second kappa shape index (κ2) is 9.23. The topological polar surface area (TPSA) is 104 Å². The number of anilines is 3. The molecule has 3 N–H and O–H groups in total. The lowest BCUT2D eigenvalue weighted by atomic mass is 10.1. The Labute approximate surface area is 187 Å². The third-order valence-corrected chi connectivity index (χ3v) is 6.56. The summed E-state index contributed by atoms with van der Waals surface area (Å²) in [5.41, 5.74) is 4.17. The highest BCUT2D eigenvalue weighted by atomic mass is 32.2. The Morgan fingerprint density at radius 1 is 0.781 bits per heavy atom. The highest BCUT2D eigenvalue weighted by Crippen LogP contribution is 2.25. The number of hydrogen-bond acceptors (Lipinski definition) is 4. The van der Waals surface area contributed by atoms with E-state index in [4.69, 9.17) is 0 Å². The Balaban J connectivity index is 1.83. The van der Waals surface area contributed by atoms with Crippen molar-refractivity contribution in [2.45, 2.75) is 32.6 Å². The van der Waals surface area contributed by atoms with Gasteiger partial charge in [-0.05, 0) is 79.9 Å². The number of rotatable bonds is 6. The van der Waals surface area contributed by atoms with Gasteiger partial charge in [-0.1, -0.05) is 18.2 Å². The fraction of sp³-hybridized carbons (Fsp3) is 0.167. The van der Waals surface area contributed by atoms with Gasteiger partial charge in [0, 0.05) is 23.9 Å². The highest BCUT2D eigenvalue weighted by molar-refractivity contribution is 7.92. The molecule has 166 valence electrons. The maximum Gasteiger partial charge on any atom is 0.262 e. The summed E-state index contributed by atoms with van der Waals surface area (Å²) in [5.74, 6) is -0.634. The molecule has 0 unspecified atom stereocenters. The van der Waals surface area contributed by atoms with Gasteiger partial charge in [-0.2, -0.15) is 0 Å². The Morgan fingerprint density at radius 2 is 1.41 bits per heavy atom. The minimum Gasteiger partial charge on any atom is -0.326 e. The van der Waals surface area contributed by atoms with Crippen molar-refractivity contribution in [2.75, 3.05) is 15.4 Å². The SMILES string of the molecule is CC(=O)Nc1ccc(NC(=O)c2ccc(C)c(S(=O)(=O)Nc3cccc(C)c3C)c2)cc1. The third-order valence-electron chi connectivity index (χ3n) is 5.05. The summed E-state index contributed by atoms with van der Waals surface area (Å²) in [7, 11) is -3.90. The van der Waals surface area contributed by atoms with E-state index in [1.165, 1.54) is 13.0 Å². The van der Waals surface area contributed by atoms with E-state index in [0.717, 1.165) is 11.1 Å². The van der Waals surface area contributed by atoms with Crippen molar-refractivity contribution in [3.63, 3.8) is 0 Å². The van der Waals surface area contributed by atoms with Crippen LogP contribution in [0, 0.1) is 20.8 Å². The van der Waals surface area contributed by atoms with Crippen LogP contribution in [0.25, 0.3) is 0 Å². The summed E-state index contributed by atoms with van der Waals surface area (Å²) in [6.07, 6.45) is 0. The number of carbonyl (C=O) groups excluding carboxylic acids is 2. The minimum absolute atomic E-state index is 0.0343. The molecule has 0 saturated carbocycles. The van der Waals surface area contributed by atoms with E-state index < -0.39 is 15.9 Å². The second-order valence-corrected chi connectivity index (χ2v) is 9.20. The summed E-state index contributed by atoms with van der Waals surface area (Å²) >= 11 is 0. The molecule has 0 aliphatic carbocycles. The quantitative estimate of drug-likeness (QED) is 0.508. The van der Waals surface area contributed by atoms with Gasteiger partial charge < -0.3 is 10.6 Å². The molecule has 3 rings (SSSR count). The normalized spacial score (nSPS) is 11.0. The van der Waals surface area contributed by atoms with E-state index in [2.05, 4.69) is 15.4 Å². The van der Waals surface area contributed by atoms with Gasteiger partial charge in [0.25, 0.3) is 15.9 Å². The lowest BCUT2D eigenvalue weighted by molar-refractivity contribution is -0.114. The first kappa shape index (κ1) is 23.0. The number of carbonyl (C=O) groups is 2. The van der Waals surface area contributed by atoms with Gasteiger partial charge >= 0.3 is 0 Å². The van der Waals surface area contributed by atoms with Crippen molar-refractivity contribution >= 4 is 38.9 Å². The van der Waals surface area contributed by atoms with E-state index >= 15 is 0 Å². The van der Waals surface area contributed by atoms with E-state index in [0.29, 0.717) is 22.6 Å². The van der Waals surface area contributed by atoms with Gasteiger partial charge in [-0.25, -0.2) is 8.42 Å². The molecule has 0 radical (unpaired) electrons. The predicted octanol–water partition coefficient (Wildman–Crippen LogP) is 4.62. The summed E-state index contributed by atoms with van der Waals surface area (Å²) in [6.45, 7) is 6.85. The Bertz CT molecular complexity index is 1280. The van der Waals surface area contributed by atoms with Crippen molar-refractivity contribution in [3.05, 3.63) is 82.9 Å². The molecule has 0 heterocycles. The Hall–Kier alpha value is -3.65. The molecule has 0 bridgehead atoms. The van der Waals surface area contributed by atoms with Crippen molar-refractivity contribution in [3.8, 4) is 0 Å². The van der Waals surface area contributed by atoms with E-state index in [-0.39, 0.29) is 16.4 Å². The second-order valence-electron chi connectivity index (χ2n) is 7.55. The first-order valence-electron chi connectivity index (χ1n) is 9.95. The Kier molecular flexibility index (Phi) is 6.64. The van der Waals surface area contributed by atoms with Crippen LogP contribution in [0.4, 0.5) is 17.1 Å². The van der Waals surface area contributed by atoms with Crippen LogP contribution in [0.2, 0.25) is 0 Å². The number of sulfonamides is 1. The van der Waals surface area contributed by atoms with Crippen LogP contribution < -0.4 is 15.4 Å². The van der Waals surface area contributed by atoms with Crippen molar-refractivity contribution in [1.29, 1.82) is 0 Å². The maximum atomic E-state index is 13.1. The molecule has 0 fully saturated rings. The molecule has 32 heavy (non-hydrogen) atoms. The number of aryl methyl sites for hydroxylation is 2. The fourth-order valence-electron chi connectivity index (χ4n) is 3.14. The summed E-state index contributed by atoms with van der Waals surface area (Å²) in [6, 6.07) is 16.6. The summed E-state index contributed by atoms with van der Waals surface area (Å²) in [4.78, 5) is 23.9. The van der Waals surface area contributed by atoms with E-state index in [1.807, 2.05) is 19.9 Å². The summed E-state index contributed by atoms with van der Waals surface area (Å²) < 4.78 is 28.8. The molecule has 2 amide bonds. The fourth-order valence-corrected chi connectivity index (χ4v) is 4.53. The largest absolute Gasteiger partial charge is 0.326 e. The molecule has 0 saturated heterocycles. The zero-order valence-electron chi connectivity index (χ0n) is 18.3.